The van der Waals surface area contributed by atoms with Crippen molar-refractivity contribution in [3.63, 3.8) is 0 Å². The Kier molecular flexibility index (Phi) is 5.79. The smallest absolute Gasteiger partial charge is 0.238 e. The number of hydrogen-bond donors (Lipinski definition) is 1. The number of carbonyl (C=O) groups is 2. The first-order valence-corrected chi connectivity index (χ1v) is 11.7. The van der Waals surface area contributed by atoms with E-state index in [2.05, 4.69) is 0 Å². The van der Waals surface area contributed by atoms with E-state index in [9.17, 15) is 18.0 Å². The molecule has 2 aromatic rings. The molecule has 1 aliphatic heterocycles. The van der Waals surface area contributed by atoms with Gasteiger partial charge in [-0.25, -0.2) is 13.6 Å². The van der Waals surface area contributed by atoms with Gasteiger partial charge in [-0.15, -0.1) is 0 Å². The summed E-state index contributed by atoms with van der Waals surface area (Å²) >= 11 is 0. The van der Waals surface area contributed by atoms with E-state index in [0.29, 0.717) is 47.7 Å². The normalized spacial score (nSPS) is 19.1. The lowest BCUT2D eigenvalue weighted by Gasteiger charge is -2.38. The van der Waals surface area contributed by atoms with Crippen molar-refractivity contribution in [2.45, 2.75) is 36.5 Å². The zero-order chi connectivity index (χ0) is 23.0. The number of anilines is 1. The van der Waals surface area contributed by atoms with Crippen LogP contribution in [0.1, 0.15) is 37.2 Å². The summed E-state index contributed by atoms with van der Waals surface area (Å²) < 4.78 is 34.0. The number of primary sulfonamides is 1. The average Bonchev–Trinajstić information content (AvgIpc) is 2.77. The van der Waals surface area contributed by atoms with Gasteiger partial charge in [0.25, 0.3) is 0 Å². The van der Waals surface area contributed by atoms with Crippen LogP contribution in [0.15, 0.2) is 58.6 Å². The number of rotatable bonds is 5. The Hall–Kier alpha value is -3.17. The molecule has 0 bridgehead atoms. The molecule has 0 saturated heterocycles. The van der Waals surface area contributed by atoms with Crippen LogP contribution in [0.25, 0.3) is 0 Å². The highest BCUT2D eigenvalue weighted by atomic mass is 32.2. The maximum Gasteiger partial charge on any atom is 0.238 e. The van der Waals surface area contributed by atoms with Crippen molar-refractivity contribution in [1.29, 1.82) is 0 Å². The van der Waals surface area contributed by atoms with Crippen molar-refractivity contribution in [3.8, 4) is 11.5 Å². The van der Waals surface area contributed by atoms with E-state index in [-0.39, 0.29) is 23.0 Å². The zero-order valence-corrected chi connectivity index (χ0v) is 18.6. The van der Waals surface area contributed by atoms with Gasteiger partial charge in [0, 0.05) is 47.3 Å². The number of Topliss-reactive ketones (excluding diaryl/α,β-unsaturated/α-hetero) is 1. The monoisotopic (exact) mass is 456 g/mol. The van der Waals surface area contributed by atoms with Crippen molar-refractivity contribution >= 4 is 27.4 Å². The molecule has 1 amide bonds. The van der Waals surface area contributed by atoms with Gasteiger partial charge in [-0.2, -0.15) is 0 Å². The zero-order valence-electron chi connectivity index (χ0n) is 17.8. The number of hydrogen-bond acceptors (Lipinski definition) is 6. The molecule has 1 atom stereocenters. The van der Waals surface area contributed by atoms with Crippen LogP contribution >= 0.6 is 0 Å². The molecule has 0 radical (unpaired) electrons. The molecule has 32 heavy (non-hydrogen) atoms. The fourth-order valence-corrected chi connectivity index (χ4v) is 4.96. The van der Waals surface area contributed by atoms with Gasteiger partial charge in [-0.3, -0.25) is 14.5 Å². The number of allylic oxidation sites excluding steroid dienone is 2. The van der Waals surface area contributed by atoms with Crippen LogP contribution in [0, 0.1) is 0 Å². The Labute approximate surface area is 186 Å². The second kappa shape index (κ2) is 8.40. The SMILES string of the molecule is COc1ccc(C2CC(=O)N(c3ccc(S(N)(=O)=O)cc3)C3=C2C(=O)CCC3)c(OC)c1. The van der Waals surface area contributed by atoms with Gasteiger partial charge in [-0.05, 0) is 43.2 Å². The number of sulfonamides is 1. The third-order valence-corrected chi connectivity index (χ3v) is 6.84. The van der Waals surface area contributed by atoms with Crippen molar-refractivity contribution in [2.24, 2.45) is 5.14 Å². The third-order valence-electron chi connectivity index (χ3n) is 5.91. The number of ketones is 1. The predicted molar refractivity (Wildman–Crippen MR) is 118 cm³/mol. The molecule has 1 heterocycles. The summed E-state index contributed by atoms with van der Waals surface area (Å²) in [5.74, 6) is 0.579. The summed E-state index contributed by atoms with van der Waals surface area (Å²) in [5, 5.41) is 5.18. The Morgan fingerprint density at radius 3 is 2.34 bits per heavy atom. The first kappa shape index (κ1) is 22.0. The summed E-state index contributed by atoms with van der Waals surface area (Å²) in [6, 6.07) is 11.2. The Morgan fingerprint density at radius 2 is 1.72 bits per heavy atom. The molecule has 9 heteroatoms. The number of nitrogens with two attached hydrogens (primary N) is 1. The van der Waals surface area contributed by atoms with E-state index < -0.39 is 15.9 Å². The number of nitrogens with zero attached hydrogens (tertiary/aromatic N) is 1. The Balaban J connectivity index is 1.83. The summed E-state index contributed by atoms with van der Waals surface area (Å²) in [7, 11) is -0.748. The van der Waals surface area contributed by atoms with Gasteiger partial charge >= 0.3 is 0 Å². The molecule has 0 aromatic heterocycles. The van der Waals surface area contributed by atoms with Crippen LogP contribution in [0.5, 0.6) is 11.5 Å². The number of benzene rings is 2. The van der Waals surface area contributed by atoms with E-state index >= 15 is 0 Å². The molecule has 2 aromatic carbocycles. The Bertz CT molecular complexity index is 1220. The molecule has 0 saturated carbocycles. The van der Waals surface area contributed by atoms with E-state index in [1.807, 2.05) is 6.07 Å². The van der Waals surface area contributed by atoms with Gasteiger partial charge in [0.05, 0.1) is 19.1 Å². The van der Waals surface area contributed by atoms with Crippen LogP contribution in [0.2, 0.25) is 0 Å². The fourth-order valence-electron chi connectivity index (χ4n) is 4.45. The quantitative estimate of drug-likeness (QED) is 0.740. The topological polar surface area (TPSA) is 116 Å². The van der Waals surface area contributed by atoms with Gasteiger partial charge in [0.2, 0.25) is 15.9 Å². The molecule has 4 rings (SSSR count). The summed E-state index contributed by atoms with van der Waals surface area (Å²) in [5.41, 5.74) is 2.52. The minimum atomic E-state index is -3.85. The average molecular weight is 457 g/mol. The molecular formula is C23H24N2O6S. The van der Waals surface area contributed by atoms with Gasteiger partial charge < -0.3 is 9.47 Å². The van der Waals surface area contributed by atoms with Crippen molar-refractivity contribution in [2.75, 3.05) is 19.1 Å². The van der Waals surface area contributed by atoms with Crippen LogP contribution in [0.3, 0.4) is 0 Å². The molecule has 8 nitrogen and oxygen atoms in total. The number of carbonyl (C=O) groups excluding carboxylic acids is 2. The van der Waals surface area contributed by atoms with E-state index in [0.717, 1.165) is 5.56 Å². The fraction of sp³-hybridized carbons (Fsp3) is 0.304. The van der Waals surface area contributed by atoms with Gasteiger partial charge in [0.15, 0.2) is 5.78 Å². The highest BCUT2D eigenvalue weighted by Crippen LogP contribution is 2.46. The maximum atomic E-state index is 13.3. The van der Waals surface area contributed by atoms with Crippen LogP contribution in [0.4, 0.5) is 5.69 Å². The lowest BCUT2D eigenvalue weighted by atomic mass is 9.77. The number of ether oxygens (including phenoxy) is 2. The maximum absolute atomic E-state index is 13.3. The van der Waals surface area contributed by atoms with Crippen LogP contribution < -0.4 is 19.5 Å². The third kappa shape index (κ3) is 3.89. The first-order valence-electron chi connectivity index (χ1n) is 10.2. The Morgan fingerprint density at radius 1 is 1.00 bits per heavy atom. The lowest BCUT2D eigenvalue weighted by molar-refractivity contribution is -0.119. The standard InChI is InChI=1S/C23H24N2O6S/c1-30-15-8-11-17(21(12-15)31-2)18-13-22(27)25(19-4-3-5-20(26)23(18)19)14-6-9-16(10-7-14)32(24,28)29/h6-12,18H,3-5,13H2,1-2H3,(H2,24,28,29). The second-order valence-electron chi connectivity index (χ2n) is 7.77. The molecule has 1 unspecified atom stereocenters. The summed E-state index contributed by atoms with van der Waals surface area (Å²) in [4.78, 5) is 27.9. The van der Waals surface area contributed by atoms with Crippen molar-refractivity contribution in [3.05, 3.63) is 59.3 Å². The summed E-state index contributed by atoms with van der Waals surface area (Å²) in [6.45, 7) is 0. The number of methoxy groups -OCH3 is 2. The molecular weight excluding hydrogens is 432 g/mol. The van der Waals surface area contributed by atoms with Crippen LogP contribution in [-0.2, 0) is 19.6 Å². The molecule has 2 N–H and O–H groups in total. The first-order chi connectivity index (χ1) is 15.2. The molecule has 0 fully saturated rings. The minimum Gasteiger partial charge on any atom is -0.497 e. The second-order valence-corrected chi connectivity index (χ2v) is 9.33. The molecule has 0 spiro atoms. The molecule has 1 aliphatic carbocycles. The van der Waals surface area contributed by atoms with Crippen LogP contribution in [-0.4, -0.2) is 34.3 Å². The predicted octanol–water partition coefficient (Wildman–Crippen LogP) is 2.88. The molecule has 2 aliphatic rings. The number of amides is 1. The highest BCUT2D eigenvalue weighted by molar-refractivity contribution is 7.89. The minimum absolute atomic E-state index is 0.00720. The molecule has 168 valence electrons. The largest absolute Gasteiger partial charge is 0.497 e. The van der Waals surface area contributed by atoms with E-state index in [1.54, 1.807) is 26.4 Å². The van der Waals surface area contributed by atoms with Gasteiger partial charge in [-0.1, -0.05) is 6.07 Å². The highest BCUT2D eigenvalue weighted by Gasteiger charge is 2.40. The van der Waals surface area contributed by atoms with E-state index in [4.69, 9.17) is 14.6 Å². The van der Waals surface area contributed by atoms with E-state index in [1.165, 1.54) is 29.2 Å². The van der Waals surface area contributed by atoms with Gasteiger partial charge in [0.1, 0.15) is 11.5 Å². The van der Waals surface area contributed by atoms with Crippen molar-refractivity contribution in [1.82, 2.24) is 0 Å². The van der Waals surface area contributed by atoms with Crippen molar-refractivity contribution < 1.29 is 27.5 Å². The summed E-state index contributed by atoms with van der Waals surface area (Å²) in [6.07, 6.45) is 1.71. The lowest BCUT2D eigenvalue weighted by Crippen LogP contribution is -2.40.